The van der Waals surface area contributed by atoms with Gasteiger partial charge < -0.3 is 20.7 Å². The van der Waals surface area contributed by atoms with Crippen LogP contribution < -0.4 is 25.8 Å². The second-order valence-corrected chi connectivity index (χ2v) is 9.51. The zero-order valence-corrected chi connectivity index (χ0v) is 19.2. The first-order valence-corrected chi connectivity index (χ1v) is 11.9. The largest absolute Gasteiger partial charge is 0.481 e. The number of aromatic nitrogens is 5. The van der Waals surface area contributed by atoms with Gasteiger partial charge in [-0.2, -0.15) is 9.97 Å². The second kappa shape index (κ2) is 8.75. The van der Waals surface area contributed by atoms with Crippen molar-refractivity contribution in [3.63, 3.8) is 0 Å². The fourth-order valence-corrected chi connectivity index (χ4v) is 4.72. The van der Waals surface area contributed by atoms with Crippen LogP contribution in [0.2, 0.25) is 0 Å². The number of ether oxygens (including phenoxy) is 1. The molecule has 33 heavy (non-hydrogen) atoms. The van der Waals surface area contributed by atoms with Gasteiger partial charge in [-0.1, -0.05) is 0 Å². The molecule has 0 saturated carbocycles. The van der Waals surface area contributed by atoms with E-state index in [1.54, 1.807) is 32.5 Å². The highest BCUT2D eigenvalue weighted by molar-refractivity contribution is 7.89. The maximum absolute atomic E-state index is 11.5. The van der Waals surface area contributed by atoms with E-state index >= 15 is 0 Å². The van der Waals surface area contributed by atoms with E-state index in [4.69, 9.17) is 15.6 Å². The number of primary sulfonamides is 1. The summed E-state index contributed by atoms with van der Waals surface area (Å²) in [7, 11) is -1.99. The Hall–Kier alpha value is -3.58. The first-order chi connectivity index (χ1) is 15.6. The number of aryl methyl sites for hydroxylation is 1. The van der Waals surface area contributed by atoms with Gasteiger partial charge in [0.05, 0.1) is 42.2 Å². The molecule has 0 aliphatic carbocycles. The molecule has 1 aliphatic rings. The maximum Gasteiger partial charge on any atom is 0.223 e. The number of anilines is 4. The number of nitrogens with zero attached hydrogens (tertiary/aromatic N) is 6. The van der Waals surface area contributed by atoms with Crippen LogP contribution in [0, 0.1) is 12.8 Å². The van der Waals surface area contributed by atoms with Crippen molar-refractivity contribution < 1.29 is 13.2 Å². The van der Waals surface area contributed by atoms with Crippen molar-refractivity contribution in [2.75, 3.05) is 35.4 Å². The smallest absolute Gasteiger partial charge is 0.223 e. The van der Waals surface area contributed by atoms with Crippen molar-refractivity contribution in [2.24, 2.45) is 11.1 Å². The average molecular weight is 472 g/mol. The highest BCUT2D eigenvalue weighted by Gasteiger charge is 2.38. The average Bonchev–Trinajstić information content (AvgIpc) is 2.76. The predicted octanol–water partition coefficient (Wildman–Crippen LogP) is 1.08. The predicted molar refractivity (Wildman–Crippen MR) is 125 cm³/mol. The van der Waals surface area contributed by atoms with Gasteiger partial charge in [-0.3, -0.25) is 0 Å². The summed E-state index contributed by atoms with van der Waals surface area (Å²) < 4.78 is 28.1. The third-order valence-corrected chi connectivity index (χ3v) is 6.36. The van der Waals surface area contributed by atoms with Gasteiger partial charge in [0.25, 0.3) is 0 Å². The zero-order chi connectivity index (χ0) is 23.8. The molecule has 0 aromatic carbocycles. The van der Waals surface area contributed by atoms with Gasteiger partial charge in [0.15, 0.2) is 5.82 Å². The Labute approximate surface area is 191 Å². The molecule has 0 amide bonds. The summed E-state index contributed by atoms with van der Waals surface area (Å²) in [5.41, 5.74) is 7.97. The van der Waals surface area contributed by atoms with E-state index in [-0.39, 0.29) is 23.7 Å². The molecule has 2 atom stereocenters. The molecule has 0 bridgehead atoms. The van der Waals surface area contributed by atoms with E-state index in [1.165, 1.54) is 0 Å². The molecule has 13 heteroatoms. The molecule has 3 aromatic heterocycles. The van der Waals surface area contributed by atoms with Gasteiger partial charge in [0.2, 0.25) is 21.9 Å². The van der Waals surface area contributed by atoms with Gasteiger partial charge >= 0.3 is 0 Å². The molecular weight excluding hydrogens is 446 g/mol. The lowest BCUT2D eigenvalue weighted by molar-refractivity contribution is 0.340. The number of hydrogen-bond donors (Lipinski definition) is 3. The number of sulfonamides is 1. The van der Waals surface area contributed by atoms with Crippen molar-refractivity contribution in [3.05, 3.63) is 36.4 Å². The number of rotatable bonds is 7. The van der Waals surface area contributed by atoms with Crippen LogP contribution in [-0.2, 0) is 10.0 Å². The molecule has 4 rings (SSSR count). The Morgan fingerprint density at radius 3 is 2.61 bits per heavy atom. The van der Waals surface area contributed by atoms with Crippen LogP contribution in [-0.4, -0.2) is 58.8 Å². The number of nitrogens with two attached hydrogens (primary N) is 2. The van der Waals surface area contributed by atoms with Crippen molar-refractivity contribution in [1.29, 1.82) is 0 Å². The number of nitrogen functional groups attached to an aromatic ring is 1. The van der Waals surface area contributed by atoms with E-state index in [9.17, 15) is 8.42 Å². The Morgan fingerprint density at radius 1 is 1.21 bits per heavy atom. The molecule has 2 unspecified atom stereocenters. The van der Waals surface area contributed by atoms with Crippen molar-refractivity contribution in [1.82, 2.24) is 24.9 Å². The second-order valence-electron chi connectivity index (χ2n) is 7.85. The van der Waals surface area contributed by atoms with Crippen LogP contribution in [0.1, 0.15) is 12.7 Å². The summed E-state index contributed by atoms with van der Waals surface area (Å²) in [4.78, 5) is 23.6. The lowest BCUT2D eigenvalue weighted by Crippen LogP contribution is -2.57. The summed E-state index contributed by atoms with van der Waals surface area (Å²) in [5, 5.41) is 8.45. The summed E-state index contributed by atoms with van der Waals surface area (Å²) in [6.45, 7) is 4.24. The third-order valence-electron chi connectivity index (χ3n) is 5.47. The number of nitrogens with one attached hydrogen (secondary N) is 1. The van der Waals surface area contributed by atoms with Crippen LogP contribution in [0.5, 0.6) is 5.88 Å². The standard InChI is InChI=1S/C20H25N9O3S/c1-11-13(10-33(22,30)31)9-29(11)15-6-16(19-25-12(2)26-20(21)28-19)18(24-8-15)27-14-4-5-17(32-3)23-7-14/h4-8,11,13H,9-10H2,1-3H3,(H,24,27)(H2,22,30,31)(H2,21,25,26,28). The van der Waals surface area contributed by atoms with Gasteiger partial charge in [0.1, 0.15) is 11.6 Å². The minimum absolute atomic E-state index is 0.0206. The Bertz CT molecular complexity index is 1250. The molecule has 12 nitrogen and oxygen atoms in total. The van der Waals surface area contributed by atoms with E-state index in [2.05, 4.69) is 35.1 Å². The third kappa shape index (κ3) is 5.09. The van der Waals surface area contributed by atoms with Gasteiger partial charge in [-0.05, 0) is 26.0 Å². The fourth-order valence-electron chi connectivity index (χ4n) is 3.73. The fraction of sp³-hybridized carbons (Fsp3) is 0.350. The van der Waals surface area contributed by atoms with E-state index in [1.807, 2.05) is 19.1 Å². The molecule has 174 valence electrons. The molecule has 5 N–H and O–H groups in total. The normalized spacial score (nSPS) is 18.0. The Kier molecular flexibility index (Phi) is 5.99. The monoisotopic (exact) mass is 471 g/mol. The van der Waals surface area contributed by atoms with Crippen molar-refractivity contribution in [3.8, 4) is 17.3 Å². The van der Waals surface area contributed by atoms with Gasteiger partial charge in [-0.15, -0.1) is 0 Å². The van der Waals surface area contributed by atoms with Crippen LogP contribution in [0.3, 0.4) is 0 Å². The minimum atomic E-state index is -3.54. The van der Waals surface area contributed by atoms with Gasteiger partial charge in [-0.25, -0.2) is 28.5 Å². The number of methoxy groups -OCH3 is 1. The maximum atomic E-state index is 11.5. The summed E-state index contributed by atoms with van der Waals surface area (Å²) in [6.07, 6.45) is 3.34. The van der Waals surface area contributed by atoms with Gasteiger partial charge in [0, 0.05) is 24.6 Å². The van der Waals surface area contributed by atoms with Crippen LogP contribution in [0.4, 0.5) is 23.1 Å². The lowest BCUT2D eigenvalue weighted by atomic mass is 9.91. The van der Waals surface area contributed by atoms with E-state index in [0.717, 1.165) is 5.69 Å². The molecule has 1 saturated heterocycles. The van der Waals surface area contributed by atoms with Crippen LogP contribution in [0.25, 0.3) is 11.4 Å². The summed E-state index contributed by atoms with van der Waals surface area (Å²) in [6, 6.07) is 5.42. The zero-order valence-electron chi connectivity index (χ0n) is 18.4. The molecule has 1 aliphatic heterocycles. The van der Waals surface area contributed by atoms with Crippen molar-refractivity contribution in [2.45, 2.75) is 19.9 Å². The number of pyridine rings is 2. The quantitative estimate of drug-likeness (QED) is 0.449. The molecular formula is C20H25N9O3S. The lowest BCUT2D eigenvalue weighted by Gasteiger charge is -2.47. The van der Waals surface area contributed by atoms with E-state index < -0.39 is 10.0 Å². The molecule has 4 heterocycles. The molecule has 0 spiro atoms. The summed E-state index contributed by atoms with van der Waals surface area (Å²) >= 11 is 0. The molecule has 0 radical (unpaired) electrons. The highest BCUT2D eigenvalue weighted by Crippen LogP contribution is 2.36. The first-order valence-electron chi connectivity index (χ1n) is 10.2. The SMILES string of the molecule is COc1ccc(Nc2ncc(N3CC(CS(N)(=O)=O)C3C)cc2-c2nc(C)nc(N)n2)cn1. The van der Waals surface area contributed by atoms with Crippen LogP contribution >= 0.6 is 0 Å². The number of hydrogen-bond acceptors (Lipinski definition) is 11. The highest BCUT2D eigenvalue weighted by atomic mass is 32.2. The minimum Gasteiger partial charge on any atom is -0.481 e. The molecule has 1 fully saturated rings. The Balaban J connectivity index is 1.68. The summed E-state index contributed by atoms with van der Waals surface area (Å²) in [5.74, 6) is 1.83. The molecule has 3 aromatic rings. The van der Waals surface area contributed by atoms with Crippen LogP contribution in [0.15, 0.2) is 30.6 Å². The first kappa shape index (κ1) is 22.6. The Morgan fingerprint density at radius 2 is 2.00 bits per heavy atom. The topological polar surface area (TPSA) is 175 Å². The van der Waals surface area contributed by atoms with E-state index in [0.29, 0.717) is 41.1 Å². The van der Waals surface area contributed by atoms with Crippen molar-refractivity contribution >= 4 is 33.2 Å².